The minimum absolute atomic E-state index is 0. The first-order chi connectivity index (χ1) is 10.3. The zero-order chi connectivity index (χ0) is 14.9. The number of carbonyl (C=O) groups excluding carboxylic acids is 1. The second-order valence-electron chi connectivity index (χ2n) is 5.05. The number of aromatic nitrogens is 2. The molecule has 1 aromatic carbocycles. The molecule has 0 aliphatic rings. The molecule has 0 bridgehead atoms. The van der Waals surface area contributed by atoms with E-state index in [0.29, 0.717) is 6.42 Å². The monoisotopic (exact) mass is 322 g/mol. The van der Waals surface area contributed by atoms with E-state index in [1.807, 2.05) is 30.3 Å². The van der Waals surface area contributed by atoms with Gasteiger partial charge in [0.1, 0.15) is 0 Å². The fraction of sp³-hybridized carbons (Fsp3) is 0.375. The smallest absolute Gasteiger partial charge is 0.224 e. The average molecular weight is 323 g/mol. The number of aromatic amines is 1. The summed E-state index contributed by atoms with van der Waals surface area (Å²) in [4.78, 5) is 11.9. The van der Waals surface area contributed by atoms with Crippen molar-refractivity contribution in [2.75, 3.05) is 11.9 Å². The van der Waals surface area contributed by atoms with E-state index in [2.05, 4.69) is 15.5 Å². The van der Waals surface area contributed by atoms with Crippen LogP contribution in [0.25, 0.3) is 11.3 Å². The summed E-state index contributed by atoms with van der Waals surface area (Å²) in [5, 5.41) is 9.79. The molecule has 0 radical (unpaired) electrons. The van der Waals surface area contributed by atoms with E-state index in [1.165, 1.54) is 0 Å². The molecule has 1 amide bonds. The second kappa shape index (κ2) is 9.97. The summed E-state index contributed by atoms with van der Waals surface area (Å²) in [6.45, 7) is 0.729. The van der Waals surface area contributed by atoms with Crippen LogP contribution in [0, 0.1) is 0 Å². The zero-order valence-corrected chi connectivity index (χ0v) is 13.4. The number of carbonyl (C=O) groups is 1. The second-order valence-corrected chi connectivity index (χ2v) is 5.05. The molecule has 0 aliphatic carbocycles. The molecule has 1 aromatic heterocycles. The molecule has 0 aliphatic heterocycles. The van der Waals surface area contributed by atoms with Crippen molar-refractivity contribution in [2.45, 2.75) is 32.1 Å². The lowest BCUT2D eigenvalue weighted by Gasteiger charge is -2.07. The van der Waals surface area contributed by atoms with Crippen molar-refractivity contribution in [1.82, 2.24) is 10.2 Å². The quantitative estimate of drug-likeness (QED) is 0.652. The first-order valence-electron chi connectivity index (χ1n) is 7.39. The van der Waals surface area contributed by atoms with Crippen molar-refractivity contribution in [3.8, 4) is 11.3 Å². The number of rotatable bonds is 8. The molecule has 0 unspecified atom stereocenters. The minimum atomic E-state index is 0. The number of benzene rings is 1. The molecule has 4 N–H and O–H groups in total. The van der Waals surface area contributed by atoms with Gasteiger partial charge in [-0.05, 0) is 37.6 Å². The Morgan fingerprint density at radius 3 is 2.73 bits per heavy atom. The summed E-state index contributed by atoms with van der Waals surface area (Å²) < 4.78 is 0. The van der Waals surface area contributed by atoms with Crippen LogP contribution in [0.15, 0.2) is 36.5 Å². The van der Waals surface area contributed by atoms with Gasteiger partial charge in [0.05, 0.1) is 5.69 Å². The minimum Gasteiger partial charge on any atom is -0.330 e. The van der Waals surface area contributed by atoms with E-state index in [-0.39, 0.29) is 18.3 Å². The van der Waals surface area contributed by atoms with E-state index in [4.69, 9.17) is 5.73 Å². The first-order valence-corrected chi connectivity index (χ1v) is 7.39. The van der Waals surface area contributed by atoms with Gasteiger partial charge in [-0.1, -0.05) is 25.0 Å². The van der Waals surface area contributed by atoms with Gasteiger partial charge in [0, 0.05) is 23.9 Å². The first kappa shape index (κ1) is 18.2. The van der Waals surface area contributed by atoms with Crippen LogP contribution in [-0.4, -0.2) is 22.6 Å². The topological polar surface area (TPSA) is 83.8 Å². The Balaban J connectivity index is 0.00000242. The number of unbranched alkanes of at least 4 members (excludes halogenated alkanes) is 3. The molecule has 5 nitrogen and oxygen atoms in total. The molecule has 0 saturated heterocycles. The van der Waals surface area contributed by atoms with Crippen molar-refractivity contribution >= 4 is 24.0 Å². The standard InChI is InChI=1S/C16H22N4O.ClH/c17-10-4-2-1-3-8-16(21)19-14-7-5-6-13(12-14)15-9-11-18-20-15;/h5-7,9,11-12H,1-4,8,10,17H2,(H,18,20)(H,19,21);1H. The molecule has 120 valence electrons. The molecular weight excluding hydrogens is 300 g/mol. The number of amides is 1. The Hall–Kier alpha value is -1.85. The highest BCUT2D eigenvalue weighted by Crippen LogP contribution is 2.20. The number of nitrogens with two attached hydrogens (primary N) is 1. The highest BCUT2D eigenvalue weighted by atomic mass is 35.5. The molecule has 2 aromatic rings. The van der Waals surface area contributed by atoms with Crippen molar-refractivity contribution < 1.29 is 4.79 Å². The van der Waals surface area contributed by atoms with Crippen molar-refractivity contribution in [3.05, 3.63) is 36.5 Å². The Morgan fingerprint density at radius 2 is 2.00 bits per heavy atom. The van der Waals surface area contributed by atoms with Gasteiger partial charge in [-0.15, -0.1) is 12.4 Å². The maximum absolute atomic E-state index is 11.9. The van der Waals surface area contributed by atoms with Gasteiger partial charge in [0.25, 0.3) is 0 Å². The molecule has 22 heavy (non-hydrogen) atoms. The van der Waals surface area contributed by atoms with Crippen molar-refractivity contribution in [1.29, 1.82) is 0 Å². The largest absolute Gasteiger partial charge is 0.330 e. The Morgan fingerprint density at radius 1 is 1.18 bits per heavy atom. The molecule has 0 spiro atoms. The van der Waals surface area contributed by atoms with Crippen molar-refractivity contribution in [3.63, 3.8) is 0 Å². The SMILES string of the molecule is Cl.NCCCCCCC(=O)Nc1cccc(-c2ccn[nH]2)c1. The number of hydrogen-bond acceptors (Lipinski definition) is 3. The fourth-order valence-electron chi connectivity index (χ4n) is 2.19. The number of hydrogen-bond donors (Lipinski definition) is 3. The predicted octanol–water partition coefficient (Wildman–Crippen LogP) is 3.35. The molecule has 0 saturated carbocycles. The molecule has 0 fully saturated rings. The van der Waals surface area contributed by atoms with E-state index in [0.717, 1.165) is 49.2 Å². The summed E-state index contributed by atoms with van der Waals surface area (Å²) in [5.74, 6) is 0.0597. The summed E-state index contributed by atoms with van der Waals surface area (Å²) >= 11 is 0. The van der Waals surface area contributed by atoms with Gasteiger partial charge in [0.2, 0.25) is 5.91 Å². The van der Waals surface area contributed by atoms with Crippen LogP contribution in [0.1, 0.15) is 32.1 Å². The van der Waals surface area contributed by atoms with Crippen LogP contribution in [-0.2, 0) is 4.79 Å². The lowest BCUT2D eigenvalue weighted by molar-refractivity contribution is -0.116. The third-order valence-electron chi connectivity index (χ3n) is 3.32. The number of halogens is 1. The maximum Gasteiger partial charge on any atom is 0.224 e. The fourth-order valence-corrected chi connectivity index (χ4v) is 2.19. The van der Waals surface area contributed by atoms with Crippen LogP contribution in [0.4, 0.5) is 5.69 Å². The molecule has 2 rings (SSSR count). The maximum atomic E-state index is 11.9. The van der Waals surface area contributed by atoms with E-state index >= 15 is 0 Å². The Kier molecular flexibility index (Phi) is 8.25. The average Bonchev–Trinajstić information content (AvgIpc) is 3.01. The normalized spacial score (nSPS) is 10.0. The Labute approximate surface area is 137 Å². The number of H-pyrrole nitrogens is 1. The lowest BCUT2D eigenvalue weighted by Crippen LogP contribution is -2.11. The van der Waals surface area contributed by atoms with Crippen LogP contribution in [0.5, 0.6) is 0 Å². The highest BCUT2D eigenvalue weighted by Gasteiger charge is 2.04. The molecular formula is C16H23ClN4O. The van der Waals surface area contributed by atoms with Crippen LogP contribution >= 0.6 is 12.4 Å². The van der Waals surface area contributed by atoms with Crippen molar-refractivity contribution in [2.24, 2.45) is 5.73 Å². The Bertz CT molecular complexity index is 557. The summed E-state index contributed by atoms with van der Waals surface area (Å²) in [7, 11) is 0. The van der Waals surface area contributed by atoms with Gasteiger partial charge in [-0.2, -0.15) is 5.10 Å². The lowest BCUT2D eigenvalue weighted by atomic mass is 10.1. The summed E-state index contributed by atoms with van der Waals surface area (Å²) in [6.07, 6.45) is 6.36. The summed E-state index contributed by atoms with van der Waals surface area (Å²) in [5.41, 5.74) is 8.20. The zero-order valence-electron chi connectivity index (χ0n) is 12.5. The van der Waals surface area contributed by atoms with Gasteiger partial charge in [-0.25, -0.2) is 0 Å². The van der Waals surface area contributed by atoms with Gasteiger partial charge >= 0.3 is 0 Å². The molecule has 1 heterocycles. The van der Waals surface area contributed by atoms with E-state index < -0.39 is 0 Å². The van der Waals surface area contributed by atoms with Gasteiger partial charge in [0.15, 0.2) is 0 Å². The number of nitrogens with one attached hydrogen (secondary N) is 2. The highest BCUT2D eigenvalue weighted by molar-refractivity contribution is 5.91. The number of nitrogens with zero attached hydrogens (tertiary/aromatic N) is 1. The number of anilines is 1. The molecule has 0 atom stereocenters. The van der Waals surface area contributed by atoms with E-state index in [1.54, 1.807) is 6.20 Å². The third kappa shape index (κ3) is 5.87. The predicted molar refractivity (Wildman–Crippen MR) is 92.0 cm³/mol. The third-order valence-corrected chi connectivity index (χ3v) is 3.32. The van der Waals surface area contributed by atoms with E-state index in [9.17, 15) is 4.79 Å². The van der Waals surface area contributed by atoms with Crippen LogP contribution in [0.2, 0.25) is 0 Å². The van der Waals surface area contributed by atoms with Gasteiger partial charge in [-0.3, -0.25) is 9.89 Å². The van der Waals surface area contributed by atoms with Crippen LogP contribution < -0.4 is 11.1 Å². The van der Waals surface area contributed by atoms with Crippen LogP contribution in [0.3, 0.4) is 0 Å². The van der Waals surface area contributed by atoms with Gasteiger partial charge < -0.3 is 11.1 Å². The summed E-state index contributed by atoms with van der Waals surface area (Å²) in [6, 6.07) is 9.65. The molecule has 6 heteroatoms.